The number of rotatable bonds is 5. The van der Waals surface area contributed by atoms with Crippen LogP contribution < -0.4 is 11.1 Å². The molecule has 0 atom stereocenters. The topological polar surface area (TPSA) is 75.4 Å². The van der Waals surface area contributed by atoms with Gasteiger partial charge in [-0.05, 0) is 32.2 Å². The zero-order valence-electron chi connectivity index (χ0n) is 12.3. The van der Waals surface area contributed by atoms with Crippen molar-refractivity contribution in [2.75, 3.05) is 13.1 Å². The second-order valence-corrected chi connectivity index (χ2v) is 6.09. The molecule has 0 aromatic heterocycles. The molecule has 1 heterocycles. The highest BCUT2D eigenvalue weighted by Crippen LogP contribution is 2.32. The Bertz CT molecular complexity index is 349. The van der Waals surface area contributed by atoms with Gasteiger partial charge in [-0.1, -0.05) is 38.5 Å². The summed E-state index contributed by atoms with van der Waals surface area (Å²) in [5.74, 6) is 0.0112. The Morgan fingerprint density at radius 3 is 2.30 bits per heavy atom. The largest absolute Gasteiger partial charge is 0.330 e. The highest BCUT2D eigenvalue weighted by Gasteiger charge is 2.49. The van der Waals surface area contributed by atoms with Crippen LogP contribution in [-0.4, -0.2) is 35.5 Å². The summed E-state index contributed by atoms with van der Waals surface area (Å²) in [6, 6.07) is -0.191. The van der Waals surface area contributed by atoms with E-state index >= 15 is 0 Å². The van der Waals surface area contributed by atoms with E-state index in [-0.39, 0.29) is 11.9 Å². The summed E-state index contributed by atoms with van der Waals surface area (Å²) in [5, 5.41) is 2.99. The maximum Gasteiger partial charge on any atom is 0.325 e. The van der Waals surface area contributed by atoms with Gasteiger partial charge in [0.2, 0.25) is 0 Å². The molecule has 1 saturated heterocycles. The van der Waals surface area contributed by atoms with Crippen molar-refractivity contribution in [2.24, 2.45) is 5.73 Å². The lowest BCUT2D eigenvalue weighted by Gasteiger charge is -2.28. The van der Waals surface area contributed by atoms with Crippen molar-refractivity contribution in [1.82, 2.24) is 10.2 Å². The number of carbonyl (C=O) groups is 2. The van der Waals surface area contributed by atoms with Gasteiger partial charge in [0.15, 0.2) is 0 Å². The van der Waals surface area contributed by atoms with E-state index in [4.69, 9.17) is 5.73 Å². The first-order valence-electron chi connectivity index (χ1n) is 8.04. The highest BCUT2D eigenvalue weighted by molar-refractivity contribution is 6.07. The molecule has 0 bridgehead atoms. The van der Waals surface area contributed by atoms with Gasteiger partial charge >= 0.3 is 6.03 Å². The van der Waals surface area contributed by atoms with E-state index in [0.29, 0.717) is 13.1 Å². The van der Waals surface area contributed by atoms with E-state index in [1.165, 1.54) is 24.2 Å². The number of nitrogens with zero attached hydrogens (tertiary/aromatic N) is 1. The minimum Gasteiger partial charge on any atom is -0.330 e. The Labute approximate surface area is 121 Å². The minimum absolute atomic E-state index is 0.0112. The molecule has 1 saturated carbocycles. The number of unbranched alkanes of at least 4 members (excludes halogenated alkanes) is 2. The van der Waals surface area contributed by atoms with Crippen LogP contribution in [0.25, 0.3) is 0 Å². The summed E-state index contributed by atoms with van der Waals surface area (Å²) in [6.07, 6.45) is 10.0. The molecule has 2 fully saturated rings. The van der Waals surface area contributed by atoms with E-state index in [1.54, 1.807) is 0 Å². The fourth-order valence-corrected chi connectivity index (χ4v) is 3.32. The number of urea groups is 1. The molecule has 5 heteroatoms. The number of hydrogen-bond acceptors (Lipinski definition) is 3. The van der Waals surface area contributed by atoms with Gasteiger partial charge in [-0.2, -0.15) is 0 Å². The highest BCUT2D eigenvalue weighted by atomic mass is 16.2. The molecular weight excluding hydrogens is 254 g/mol. The van der Waals surface area contributed by atoms with Gasteiger partial charge in [0, 0.05) is 6.54 Å². The summed E-state index contributed by atoms with van der Waals surface area (Å²) in [7, 11) is 0. The predicted molar refractivity (Wildman–Crippen MR) is 78.2 cm³/mol. The molecular formula is C15H27N3O2. The molecule has 0 aromatic rings. The molecule has 1 aliphatic carbocycles. The fraction of sp³-hybridized carbons (Fsp3) is 0.867. The van der Waals surface area contributed by atoms with Crippen molar-refractivity contribution in [2.45, 2.75) is 69.7 Å². The lowest BCUT2D eigenvalue weighted by Crippen LogP contribution is -2.47. The average Bonchev–Trinajstić information content (AvgIpc) is 2.63. The molecule has 2 rings (SSSR count). The molecule has 3 N–H and O–H groups in total. The Morgan fingerprint density at radius 2 is 1.65 bits per heavy atom. The van der Waals surface area contributed by atoms with Crippen molar-refractivity contribution >= 4 is 11.9 Å². The number of amides is 3. The van der Waals surface area contributed by atoms with Gasteiger partial charge in [-0.25, -0.2) is 4.79 Å². The second-order valence-electron chi connectivity index (χ2n) is 6.09. The summed E-state index contributed by atoms with van der Waals surface area (Å²) >= 11 is 0. The molecule has 2 aliphatic rings. The maximum absolute atomic E-state index is 12.6. The average molecular weight is 281 g/mol. The van der Waals surface area contributed by atoms with Crippen LogP contribution in [0, 0.1) is 0 Å². The fourth-order valence-electron chi connectivity index (χ4n) is 3.32. The SMILES string of the molecule is NCCCCCN1C(=O)NC2(CCCCCCC2)C1=O. The first-order chi connectivity index (χ1) is 9.69. The third-order valence-corrected chi connectivity index (χ3v) is 4.54. The van der Waals surface area contributed by atoms with Crippen molar-refractivity contribution in [3.05, 3.63) is 0 Å². The molecule has 0 radical (unpaired) electrons. The Kier molecular flexibility index (Phi) is 5.40. The van der Waals surface area contributed by atoms with Crippen LogP contribution in [0.3, 0.4) is 0 Å². The van der Waals surface area contributed by atoms with Crippen LogP contribution in [-0.2, 0) is 4.79 Å². The van der Waals surface area contributed by atoms with Crippen LogP contribution in [0.4, 0.5) is 4.79 Å². The molecule has 0 unspecified atom stereocenters. The van der Waals surface area contributed by atoms with Crippen molar-refractivity contribution in [1.29, 1.82) is 0 Å². The van der Waals surface area contributed by atoms with Gasteiger partial charge in [0.05, 0.1) is 0 Å². The second kappa shape index (κ2) is 7.07. The maximum atomic E-state index is 12.6. The first kappa shape index (κ1) is 15.3. The molecule has 0 aromatic carbocycles. The molecule has 20 heavy (non-hydrogen) atoms. The zero-order valence-corrected chi connectivity index (χ0v) is 12.3. The van der Waals surface area contributed by atoms with Crippen molar-refractivity contribution < 1.29 is 9.59 Å². The number of nitrogens with two attached hydrogens (primary N) is 1. The van der Waals surface area contributed by atoms with E-state index in [1.807, 2.05) is 0 Å². The van der Waals surface area contributed by atoms with Crippen LogP contribution >= 0.6 is 0 Å². The molecule has 5 nitrogen and oxygen atoms in total. The van der Waals surface area contributed by atoms with Gasteiger partial charge in [0.1, 0.15) is 5.54 Å². The van der Waals surface area contributed by atoms with Crippen LogP contribution in [0.5, 0.6) is 0 Å². The summed E-state index contributed by atoms with van der Waals surface area (Å²) < 4.78 is 0. The van der Waals surface area contributed by atoms with E-state index < -0.39 is 5.54 Å². The van der Waals surface area contributed by atoms with Crippen LogP contribution in [0.2, 0.25) is 0 Å². The Morgan fingerprint density at radius 1 is 1.00 bits per heavy atom. The predicted octanol–water partition coefficient (Wildman–Crippen LogP) is 2.15. The Hall–Kier alpha value is -1.10. The summed E-state index contributed by atoms with van der Waals surface area (Å²) in [5.41, 5.74) is 4.87. The lowest BCUT2D eigenvalue weighted by molar-refractivity contribution is -0.132. The molecule has 1 spiro atoms. The lowest BCUT2D eigenvalue weighted by atomic mass is 9.84. The number of carbonyl (C=O) groups excluding carboxylic acids is 2. The monoisotopic (exact) mass is 281 g/mol. The number of imide groups is 1. The molecule has 114 valence electrons. The van der Waals surface area contributed by atoms with Crippen LogP contribution in [0.1, 0.15) is 64.2 Å². The number of hydrogen-bond donors (Lipinski definition) is 2. The van der Waals surface area contributed by atoms with Crippen molar-refractivity contribution in [3.63, 3.8) is 0 Å². The van der Waals surface area contributed by atoms with E-state index in [2.05, 4.69) is 5.32 Å². The zero-order chi connectivity index (χ0) is 14.4. The van der Waals surface area contributed by atoms with E-state index in [0.717, 1.165) is 44.9 Å². The minimum atomic E-state index is -0.592. The first-order valence-corrected chi connectivity index (χ1v) is 8.04. The van der Waals surface area contributed by atoms with Crippen LogP contribution in [0.15, 0.2) is 0 Å². The third-order valence-electron chi connectivity index (χ3n) is 4.54. The standard InChI is InChI=1S/C15H27N3O2/c16-11-7-4-8-12-18-13(19)15(17-14(18)20)9-5-2-1-3-6-10-15/h1-12,16H2,(H,17,20). The summed E-state index contributed by atoms with van der Waals surface area (Å²) in [4.78, 5) is 26.2. The Balaban J connectivity index is 1.95. The van der Waals surface area contributed by atoms with Gasteiger partial charge in [-0.15, -0.1) is 0 Å². The molecule has 3 amide bonds. The van der Waals surface area contributed by atoms with Gasteiger partial charge < -0.3 is 11.1 Å². The smallest absolute Gasteiger partial charge is 0.325 e. The number of nitrogens with one attached hydrogen (secondary N) is 1. The quantitative estimate of drug-likeness (QED) is 0.599. The molecule has 1 aliphatic heterocycles. The van der Waals surface area contributed by atoms with Gasteiger partial charge in [-0.3, -0.25) is 9.69 Å². The normalized spacial score (nSPS) is 22.8. The third kappa shape index (κ3) is 3.32. The van der Waals surface area contributed by atoms with Crippen molar-refractivity contribution in [3.8, 4) is 0 Å². The van der Waals surface area contributed by atoms with E-state index in [9.17, 15) is 9.59 Å². The van der Waals surface area contributed by atoms with Gasteiger partial charge in [0.25, 0.3) is 5.91 Å². The summed E-state index contributed by atoms with van der Waals surface area (Å²) in [6.45, 7) is 1.20.